The number of ether oxygens (including phenoxy) is 2. The number of rotatable bonds is 4. The zero-order chi connectivity index (χ0) is 22.0. The zero-order valence-electron chi connectivity index (χ0n) is 17.9. The molecule has 0 N–H and O–H groups in total. The van der Waals surface area contributed by atoms with E-state index in [1.807, 2.05) is 48.5 Å². The van der Waals surface area contributed by atoms with Crippen LogP contribution in [0.15, 0.2) is 127 Å². The van der Waals surface area contributed by atoms with Gasteiger partial charge in [-0.25, -0.2) is 0 Å². The molecular weight excluding hydrogens is 406 g/mol. The minimum absolute atomic E-state index is 0.727. The van der Waals surface area contributed by atoms with Gasteiger partial charge >= 0.3 is 0 Å². The zero-order valence-corrected chi connectivity index (χ0v) is 17.9. The van der Waals surface area contributed by atoms with E-state index >= 15 is 0 Å². The Labute approximate surface area is 193 Å². The van der Waals surface area contributed by atoms with Gasteiger partial charge in [0.25, 0.3) is 0 Å². The molecule has 0 aliphatic carbocycles. The number of benzene rings is 5. The maximum Gasteiger partial charge on any atom is 0.177 e. The molecule has 0 atom stereocenters. The molecule has 0 saturated heterocycles. The van der Waals surface area contributed by atoms with Gasteiger partial charge in [0.15, 0.2) is 23.0 Å². The van der Waals surface area contributed by atoms with Crippen LogP contribution in [0.4, 0.5) is 17.1 Å². The van der Waals surface area contributed by atoms with Crippen molar-refractivity contribution < 1.29 is 9.47 Å². The van der Waals surface area contributed by atoms with Crippen molar-refractivity contribution in [2.24, 2.45) is 0 Å². The monoisotopic (exact) mass is 427 g/mol. The number of para-hydroxylation sites is 5. The Hall–Kier alpha value is -4.50. The summed E-state index contributed by atoms with van der Waals surface area (Å²) in [6, 6.07) is 43.1. The molecule has 0 bridgehead atoms. The van der Waals surface area contributed by atoms with E-state index in [1.54, 1.807) is 0 Å². The van der Waals surface area contributed by atoms with Gasteiger partial charge in [0, 0.05) is 22.6 Å². The highest BCUT2D eigenvalue weighted by Crippen LogP contribution is 2.49. The van der Waals surface area contributed by atoms with Crippen molar-refractivity contribution in [1.82, 2.24) is 0 Å². The molecule has 0 fully saturated rings. The van der Waals surface area contributed by atoms with Gasteiger partial charge in [-0.15, -0.1) is 0 Å². The maximum atomic E-state index is 6.24. The van der Waals surface area contributed by atoms with Crippen LogP contribution in [0.3, 0.4) is 0 Å². The number of hydrogen-bond donors (Lipinski definition) is 0. The van der Waals surface area contributed by atoms with Crippen LogP contribution in [0.5, 0.6) is 23.0 Å². The summed E-state index contributed by atoms with van der Waals surface area (Å²) in [5.74, 6) is 2.93. The molecule has 6 rings (SSSR count). The van der Waals surface area contributed by atoms with Gasteiger partial charge in [0.05, 0.1) is 0 Å². The van der Waals surface area contributed by atoms with Crippen LogP contribution in [-0.4, -0.2) is 0 Å². The van der Waals surface area contributed by atoms with Gasteiger partial charge in [-0.2, -0.15) is 0 Å². The SMILES string of the molecule is c1ccc(N(c2ccccc2)c2ccc(-c3cccc4c3Oc3ccccc3O4)cc2)cc1. The Morgan fingerprint density at radius 3 is 1.55 bits per heavy atom. The summed E-state index contributed by atoms with van der Waals surface area (Å²) in [4.78, 5) is 2.25. The lowest BCUT2D eigenvalue weighted by atomic mass is 10.0. The summed E-state index contributed by atoms with van der Waals surface area (Å²) in [5, 5.41) is 0. The third-order valence-corrected chi connectivity index (χ3v) is 5.73. The van der Waals surface area contributed by atoms with Crippen molar-refractivity contribution in [2.45, 2.75) is 0 Å². The molecule has 1 aliphatic heterocycles. The van der Waals surface area contributed by atoms with Crippen LogP contribution >= 0.6 is 0 Å². The Bertz CT molecular complexity index is 1360. The Morgan fingerprint density at radius 2 is 0.909 bits per heavy atom. The van der Waals surface area contributed by atoms with Crippen molar-refractivity contribution in [3.05, 3.63) is 127 Å². The van der Waals surface area contributed by atoms with E-state index in [0.29, 0.717) is 0 Å². The van der Waals surface area contributed by atoms with Crippen LogP contribution in [0.1, 0.15) is 0 Å². The molecular formula is C30H21NO2. The van der Waals surface area contributed by atoms with Crippen LogP contribution in [0, 0.1) is 0 Å². The van der Waals surface area contributed by atoms with Gasteiger partial charge in [-0.05, 0) is 60.2 Å². The molecule has 33 heavy (non-hydrogen) atoms. The average molecular weight is 428 g/mol. The largest absolute Gasteiger partial charge is 0.449 e. The summed E-state index contributed by atoms with van der Waals surface area (Å²) in [6.45, 7) is 0. The van der Waals surface area contributed by atoms with E-state index in [0.717, 1.165) is 51.2 Å². The lowest BCUT2D eigenvalue weighted by molar-refractivity contribution is 0.361. The standard InChI is InChI=1S/C30H21NO2/c1-3-10-23(11-4-1)31(24-12-5-2-6-13-24)25-20-18-22(19-21-25)26-14-9-17-29-30(26)33-28-16-8-7-15-27(28)32-29/h1-21H. The number of anilines is 3. The molecule has 5 aromatic carbocycles. The lowest BCUT2D eigenvalue weighted by Crippen LogP contribution is -2.09. The molecule has 5 aromatic rings. The highest BCUT2D eigenvalue weighted by atomic mass is 16.6. The van der Waals surface area contributed by atoms with Gasteiger partial charge in [0.1, 0.15) is 0 Å². The fourth-order valence-electron chi connectivity index (χ4n) is 4.17. The third kappa shape index (κ3) is 3.60. The van der Waals surface area contributed by atoms with Gasteiger partial charge in [0.2, 0.25) is 0 Å². The first-order valence-corrected chi connectivity index (χ1v) is 11.0. The van der Waals surface area contributed by atoms with E-state index in [2.05, 4.69) is 83.8 Å². The lowest BCUT2D eigenvalue weighted by Gasteiger charge is -2.26. The van der Waals surface area contributed by atoms with Gasteiger partial charge in [-0.1, -0.05) is 72.8 Å². The second-order valence-corrected chi connectivity index (χ2v) is 7.84. The van der Waals surface area contributed by atoms with Crippen molar-refractivity contribution in [3.63, 3.8) is 0 Å². The maximum absolute atomic E-state index is 6.24. The second-order valence-electron chi connectivity index (χ2n) is 7.84. The number of fused-ring (bicyclic) bond motifs is 2. The van der Waals surface area contributed by atoms with Crippen molar-refractivity contribution in [1.29, 1.82) is 0 Å². The fraction of sp³-hybridized carbons (Fsp3) is 0. The highest BCUT2D eigenvalue weighted by molar-refractivity contribution is 5.80. The van der Waals surface area contributed by atoms with Crippen molar-refractivity contribution in [2.75, 3.05) is 4.90 Å². The highest BCUT2D eigenvalue weighted by Gasteiger charge is 2.22. The molecule has 0 spiro atoms. The van der Waals surface area contributed by atoms with Crippen LogP contribution in [-0.2, 0) is 0 Å². The van der Waals surface area contributed by atoms with Gasteiger partial charge < -0.3 is 14.4 Å². The molecule has 158 valence electrons. The van der Waals surface area contributed by atoms with Crippen LogP contribution in [0.2, 0.25) is 0 Å². The van der Waals surface area contributed by atoms with E-state index in [4.69, 9.17) is 9.47 Å². The first-order chi connectivity index (χ1) is 16.4. The molecule has 1 aliphatic rings. The molecule has 0 aromatic heterocycles. The average Bonchev–Trinajstić information content (AvgIpc) is 2.89. The molecule has 0 unspecified atom stereocenters. The Morgan fingerprint density at radius 1 is 0.394 bits per heavy atom. The summed E-state index contributed by atoms with van der Waals surface area (Å²) >= 11 is 0. The second kappa shape index (κ2) is 8.21. The molecule has 3 heteroatoms. The van der Waals surface area contributed by atoms with Crippen LogP contribution in [0.25, 0.3) is 11.1 Å². The topological polar surface area (TPSA) is 21.7 Å². The summed E-state index contributed by atoms with van der Waals surface area (Å²) < 4.78 is 12.3. The predicted molar refractivity (Wildman–Crippen MR) is 133 cm³/mol. The Balaban J connectivity index is 1.39. The fourth-order valence-corrected chi connectivity index (χ4v) is 4.17. The van der Waals surface area contributed by atoms with Gasteiger partial charge in [-0.3, -0.25) is 0 Å². The smallest absolute Gasteiger partial charge is 0.177 e. The summed E-state index contributed by atoms with van der Waals surface area (Å²) in [7, 11) is 0. The predicted octanol–water partition coefficient (Wildman–Crippen LogP) is 8.72. The molecule has 1 heterocycles. The summed E-state index contributed by atoms with van der Waals surface area (Å²) in [5.41, 5.74) is 5.38. The van der Waals surface area contributed by atoms with E-state index in [-0.39, 0.29) is 0 Å². The minimum atomic E-state index is 0.727. The first kappa shape index (κ1) is 19.2. The third-order valence-electron chi connectivity index (χ3n) is 5.73. The molecule has 0 amide bonds. The minimum Gasteiger partial charge on any atom is -0.449 e. The van der Waals surface area contributed by atoms with E-state index < -0.39 is 0 Å². The summed E-state index contributed by atoms with van der Waals surface area (Å²) in [6.07, 6.45) is 0. The Kier molecular flexibility index (Phi) is 4.78. The van der Waals surface area contributed by atoms with E-state index in [1.165, 1.54) is 0 Å². The first-order valence-electron chi connectivity index (χ1n) is 11.0. The molecule has 0 radical (unpaired) electrons. The van der Waals surface area contributed by atoms with E-state index in [9.17, 15) is 0 Å². The quantitative estimate of drug-likeness (QED) is 0.281. The molecule has 3 nitrogen and oxygen atoms in total. The number of nitrogens with zero attached hydrogens (tertiary/aromatic N) is 1. The molecule has 0 saturated carbocycles. The normalized spacial score (nSPS) is 11.5. The number of hydrogen-bond acceptors (Lipinski definition) is 3. The van der Waals surface area contributed by atoms with Crippen molar-refractivity contribution >= 4 is 17.1 Å². The van der Waals surface area contributed by atoms with Crippen molar-refractivity contribution in [3.8, 4) is 34.1 Å². The van der Waals surface area contributed by atoms with Crippen LogP contribution < -0.4 is 14.4 Å².